The zero-order chi connectivity index (χ0) is 25.1. The zero-order valence-electron chi connectivity index (χ0n) is 22.7. The van der Waals surface area contributed by atoms with Crippen LogP contribution in [0.2, 0.25) is 0 Å². The highest BCUT2D eigenvalue weighted by Gasteiger charge is 2.34. The van der Waals surface area contributed by atoms with E-state index >= 15 is 0 Å². The Kier molecular flexibility index (Phi) is 7.78. The largest absolute Gasteiger partial charge is 0.387 e. The van der Waals surface area contributed by atoms with Crippen molar-refractivity contribution >= 4 is 17.4 Å². The molecule has 5 heteroatoms. The van der Waals surface area contributed by atoms with Crippen molar-refractivity contribution in [2.45, 2.75) is 44.9 Å². The molecule has 0 saturated heterocycles. The Morgan fingerprint density at radius 1 is 0.972 bits per heavy atom. The summed E-state index contributed by atoms with van der Waals surface area (Å²) in [7, 11) is 8.65. The van der Waals surface area contributed by atoms with Gasteiger partial charge in [-0.05, 0) is 114 Å². The number of hydrogen-bond acceptors (Lipinski definition) is 5. The Morgan fingerprint density at radius 2 is 1.75 bits per heavy atom. The molecule has 2 heterocycles. The van der Waals surface area contributed by atoms with Crippen molar-refractivity contribution in [3.05, 3.63) is 69.6 Å². The van der Waals surface area contributed by atoms with Crippen LogP contribution in [-0.4, -0.2) is 74.8 Å². The molecule has 2 aliphatic carbocycles. The maximum Gasteiger partial charge on any atom is 0.129 e. The summed E-state index contributed by atoms with van der Waals surface area (Å²) in [4.78, 5) is 12.5. The van der Waals surface area contributed by atoms with Gasteiger partial charge in [0.1, 0.15) is 5.82 Å². The van der Waals surface area contributed by atoms with Crippen LogP contribution < -0.4 is 15.8 Å². The fourth-order valence-electron chi connectivity index (χ4n) is 6.04. The summed E-state index contributed by atoms with van der Waals surface area (Å²) in [5.74, 6) is 1.40. The van der Waals surface area contributed by atoms with Gasteiger partial charge in [0.2, 0.25) is 0 Å². The summed E-state index contributed by atoms with van der Waals surface area (Å²) < 4.78 is 0. The van der Waals surface area contributed by atoms with E-state index in [4.69, 9.17) is 4.99 Å². The first-order valence-corrected chi connectivity index (χ1v) is 13.8. The summed E-state index contributed by atoms with van der Waals surface area (Å²) in [6, 6.07) is 8.97. The molecule has 0 spiro atoms. The van der Waals surface area contributed by atoms with E-state index in [2.05, 4.69) is 90.7 Å². The number of hydrogen-bond donors (Lipinski definition) is 1. The van der Waals surface area contributed by atoms with Crippen LogP contribution in [0.3, 0.4) is 0 Å². The molecule has 2 aliphatic heterocycles. The van der Waals surface area contributed by atoms with Crippen molar-refractivity contribution in [3.63, 3.8) is 0 Å². The summed E-state index contributed by atoms with van der Waals surface area (Å²) in [5, 5.41) is 6.71. The zero-order valence-corrected chi connectivity index (χ0v) is 22.7. The molecule has 1 aromatic rings. The fourth-order valence-corrected chi connectivity index (χ4v) is 6.04. The van der Waals surface area contributed by atoms with Crippen LogP contribution in [0.1, 0.15) is 44.9 Å². The van der Waals surface area contributed by atoms with Crippen molar-refractivity contribution in [1.82, 2.24) is 20.0 Å². The highest BCUT2D eigenvalue weighted by molar-refractivity contribution is 6.02. The lowest BCUT2D eigenvalue weighted by Crippen LogP contribution is -2.32. The summed E-state index contributed by atoms with van der Waals surface area (Å²) >= 11 is 0. The van der Waals surface area contributed by atoms with Gasteiger partial charge in [-0.25, -0.2) is 4.99 Å². The third-order valence-electron chi connectivity index (χ3n) is 7.86. The molecule has 1 unspecified atom stereocenters. The van der Waals surface area contributed by atoms with Gasteiger partial charge in [0.15, 0.2) is 0 Å². The maximum absolute atomic E-state index is 5.43. The van der Waals surface area contributed by atoms with E-state index in [1.165, 1.54) is 51.5 Å². The van der Waals surface area contributed by atoms with E-state index in [1.807, 2.05) is 0 Å². The molecular weight excluding hydrogens is 442 g/mol. The minimum Gasteiger partial charge on any atom is -0.387 e. The second kappa shape index (κ2) is 11.2. The number of rotatable bonds is 9. The number of benzene rings is 1. The van der Waals surface area contributed by atoms with Crippen LogP contribution in [0.5, 0.6) is 0 Å². The molecule has 1 atom stereocenters. The number of nitrogens with zero attached hydrogens (tertiary/aromatic N) is 4. The first-order chi connectivity index (χ1) is 17.5. The predicted octanol–water partition coefficient (Wildman–Crippen LogP) is 3.45. The topological polar surface area (TPSA) is 34.1 Å². The molecule has 4 bridgehead atoms. The summed E-state index contributed by atoms with van der Waals surface area (Å²) in [5.41, 5.74) is 7.12. The average Bonchev–Trinajstić information content (AvgIpc) is 3.21. The Balaban J connectivity index is 1.63. The van der Waals surface area contributed by atoms with Crippen molar-refractivity contribution in [3.8, 4) is 0 Å². The van der Waals surface area contributed by atoms with E-state index in [0.29, 0.717) is 0 Å². The van der Waals surface area contributed by atoms with Crippen LogP contribution >= 0.6 is 0 Å². The molecule has 0 aromatic heterocycles. The lowest BCUT2D eigenvalue weighted by atomic mass is 9.83. The highest BCUT2D eigenvalue weighted by atomic mass is 15.2. The Labute approximate surface area is 217 Å². The lowest BCUT2D eigenvalue weighted by molar-refractivity contribution is 0.346. The third-order valence-corrected chi connectivity index (χ3v) is 7.86. The smallest absolute Gasteiger partial charge is 0.129 e. The molecule has 0 radical (unpaired) electrons. The van der Waals surface area contributed by atoms with Crippen molar-refractivity contribution in [1.29, 1.82) is 0 Å². The van der Waals surface area contributed by atoms with Gasteiger partial charge in [-0.2, -0.15) is 0 Å². The molecule has 5 rings (SSSR count). The predicted molar refractivity (Wildman–Crippen MR) is 152 cm³/mol. The number of fused-ring (bicyclic) bond motifs is 6. The molecule has 4 aliphatic rings. The number of allylic oxidation sites excluding steroid dienone is 4. The van der Waals surface area contributed by atoms with Crippen molar-refractivity contribution < 1.29 is 0 Å². The fraction of sp³-hybridized carbons (Fsp3) is 0.516. The second-order valence-corrected chi connectivity index (χ2v) is 11.2. The van der Waals surface area contributed by atoms with Gasteiger partial charge in [0.25, 0.3) is 0 Å². The Morgan fingerprint density at radius 3 is 2.58 bits per heavy atom. The van der Waals surface area contributed by atoms with Crippen LogP contribution in [0.15, 0.2) is 64.2 Å². The first kappa shape index (κ1) is 25.0. The van der Waals surface area contributed by atoms with E-state index in [-0.39, 0.29) is 5.92 Å². The lowest BCUT2D eigenvalue weighted by Gasteiger charge is -2.30. The standard InChI is InChI=1S/C31H43N5/c1-34(2)18-9-17-32-31-26-13-7-8-14-29(26)33-30-22-28(31)27-21-24(36(30)20-10-19-35(3)4)16-15-23-11-5-6-12-25(23)27/h5-6,11-12,15-16,22,28,32H,7-10,13-14,17-21H2,1-4H3. The van der Waals surface area contributed by atoms with Gasteiger partial charge in [0, 0.05) is 42.5 Å². The van der Waals surface area contributed by atoms with E-state index in [9.17, 15) is 0 Å². The number of nitrogens with one attached hydrogen (secondary N) is 1. The molecular formula is C31H43N5. The average molecular weight is 486 g/mol. The summed E-state index contributed by atoms with van der Waals surface area (Å²) in [6.07, 6.45) is 15.1. The quantitative estimate of drug-likeness (QED) is 0.544. The molecule has 1 N–H and O–H groups in total. The summed E-state index contributed by atoms with van der Waals surface area (Å²) in [6.45, 7) is 4.18. The van der Waals surface area contributed by atoms with Gasteiger partial charge < -0.3 is 20.0 Å². The van der Waals surface area contributed by atoms with Crippen molar-refractivity contribution in [2.75, 3.05) is 54.4 Å². The minimum atomic E-state index is 0.239. The molecule has 192 valence electrons. The van der Waals surface area contributed by atoms with E-state index in [1.54, 1.807) is 0 Å². The molecule has 1 aromatic carbocycles. The third kappa shape index (κ3) is 5.37. The Bertz CT molecular complexity index is 1210. The minimum absolute atomic E-state index is 0.239. The SMILES string of the molecule is CN(C)CCCNC1=C2CCCCC2=NC2=CC1C1=c3ccccc3=CC=C(C1)N2CCCN(C)C. The van der Waals surface area contributed by atoms with Crippen LogP contribution in [0.4, 0.5) is 0 Å². The van der Waals surface area contributed by atoms with Crippen LogP contribution in [-0.2, 0) is 0 Å². The van der Waals surface area contributed by atoms with E-state index in [0.717, 1.165) is 64.1 Å². The molecule has 5 nitrogen and oxygen atoms in total. The van der Waals surface area contributed by atoms with Gasteiger partial charge in [0.05, 0.1) is 0 Å². The van der Waals surface area contributed by atoms with Gasteiger partial charge in [-0.3, -0.25) is 0 Å². The monoisotopic (exact) mass is 485 g/mol. The second-order valence-electron chi connectivity index (χ2n) is 11.2. The highest BCUT2D eigenvalue weighted by Crippen LogP contribution is 2.41. The Hall–Kier alpha value is -2.63. The molecule has 1 saturated carbocycles. The normalized spacial score (nSPS) is 21.1. The molecule has 1 fully saturated rings. The molecule has 0 amide bonds. The maximum atomic E-state index is 5.43. The number of aliphatic imine (C=N–C) groups is 1. The molecule has 36 heavy (non-hydrogen) atoms. The first-order valence-electron chi connectivity index (χ1n) is 13.8. The van der Waals surface area contributed by atoms with Gasteiger partial charge in [-0.1, -0.05) is 30.3 Å². The van der Waals surface area contributed by atoms with E-state index < -0.39 is 0 Å². The van der Waals surface area contributed by atoms with Gasteiger partial charge >= 0.3 is 0 Å². The van der Waals surface area contributed by atoms with Crippen molar-refractivity contribution in [2.24, 2.45) is 10.9 Å². The van der Waals surface area contributed by atoms with Crippen LogP contribution in [0.25, 0.3) is 11.6 Å². The van der Waals surface area contributed by atoms with Crippen LogP contribution in [0, 0.1) is 5.92 Å². The van der Waals surface area contributed by atoms with Gasteiger partial charge in [-0.15, -0.1) is 0 Å².